The van der Waals surface area contributed by atoms with Gasteiger partial charge in [0.1, 0.15) is 18.2 Å². The first-order valence-corrected chi connectivity index (χ1v) is 5.87. The zero-order chi connectivity index (χ0) is 13.1. The summed E-state index contributed by atoms with van der Waals surface area (Å²) in [5.74, 6) is 0.0763. The molecule has 4 heteroatoms. The summed E-state index contributed by atoms with van der Waals surface area (Å²) in [6.07, 6.45) is 0. The molecule has 0 aromatic heterocycles. The van der Waals surface area contributed by atoms with Crippen LogP contribution in [-0.4, -0.2) is 0 Å². The Morgan fingerprint density at radius 1 is 1.28 bits per heavy atom. The lowest BCUT2D eigenvalue weighted by Gasteiger charge is -2.10. The number of nitrogens with two attached hydrogens (primary N) is 1. The SMILES string of the molecule is Cc1c(N)cccc1COc1ccc(F)c(Cl)c1. The van der Waals surface area contributed by atoms with Crippen molar-refractivity contribution in [3.05, 3.63) is 58.4 Å². The second-order valence-corrected chi connectivity index (χ2v) is 4.40. The van der Waals surface area contributed by atoms with Gasteiger partial charge >= 0.3 is 0 Å². The Morgan fingerprint density at radius 2 is 2.06 bits per heavy atom. The lowest BCUT2D eigenvalue weighted by atomic mass is 10.1. The van der Waals surface area contributed by atoms with Gasteiger partial charge in [0.05, 0.1) is 5.02 Å². The third-order valence-corrected chi connectivity index (χ3v) is 3.06. The molecule has 0 saturated heterocycles. The molecule has 2 nitrogen and oxygen atoms in total. The van der Waals surface area contributed by atoms with E-state index in [4.69, 9.17) is 22.1 Å². The van der Waals surface area contributed by atoms with Gasteiger partial charge in [-0.3, -0.25) is 0 Å². The van der Waals surface area contributed by atoms with Crippen LogP contribution in [0, 0.1) is 12.7 Å². The number of rotatable bonds is 3. The van der Waals surface area contributed by atoms with E-state index in [0.29, 0.717) is 12.4 Å². The van der Waals surface area contributed by atoms with Gasteiger partial charge in [-0.1, -0.05) is 23.7 Å². The number of hydrogen-bond acceptors (Lipinski definition) is 2. The van der Waals surface area contributed by atoms with Gasteiger partial charge in [0.15, 0.2) is 0 Å². The van der Waals surface area contributed by atoms with E-state index in [2.05, 4.69) is 0 Å². The first kappa shape index (κ1) is 12.7. The third-order valence-electron chi connectivity index (χ3n) is 2.77. The third kappa shape index (κ3) is 2.74. The molecule has 0 atom stereocenters. The molecule has 0 saturated carbocycles. The largest absolute Gasteiger partial charge is 0.489 e. The van der Waals surface area contributed by atoms with Crippen molar-refractivity contribution in [3.63, 3.8) is 0 Å². The molecule has 2 aromatic rings. The molecule has 94 valence electrons. The molecule has 0 aliphatic heterocycles. The molecule has 0 spiro atoms. The summed E-state index contributed by atoms with van der Waals surface area (Å²) in [7, 11) is 0. The Morgan fingerprint density at radius 3 is 2.78 bits per heavy atom. The van der Waals surface area contributed by atoms with E-state index in [1.165, 1.54) is 12.1 Å². The first-order chi connectivity index (χ1) is 8.58. The van der Waals surface area contributed by atoms with Gasteiger partial charge in [0.2, 0.25) is 0 Å². The van der Waals surface area contributed by atoms with Crippen LogP contribution in [0.2, 0.25) is 5.02 Å². The fourth-order valence-electron chi connectivity index (χ4n) is 1.59. The van der Waals surface area contributed by atoms with Crippen molar-refractivity contribution in [2.24, 2.45) is 0 Å². The highest BCUT2D eigenvalue weighted by Gasteiger charge is 2.04. The van der Waals surface area contributed by atoms with Crippen LogP contribution in [0.3, 0.4) is 0 Å². The summed E-state index contributed by atoms with van der Waals surface area (Å²) in [6.45, 7) is 2.31. The highest BCUT2D eigenvalue weighted by molar-refractivity contribution is 6.30. The fourth-order valence-corrected chi connectivity index (χ4v) is 1.76. The average Bonchev–Trinajstić information content (AvgIpc) is 2.35. The maximum Gasteiger partial charge on any atom is 0.142 e. The van der Waals surface area contributed by atoms with E-state index in [1.807, 2.05) is 25.1 Å². The summed E-state index contributed by atoms with van der Waals surface area (Å²) in [4.78, 5) is 0. The average molecular weight is 266 g/mol. The molecule has 0 heterocycles. The van der Waals surface area contributed by atoms with Crippen molar-refractivity contribution in [3.8, 4) is 5.75 Å². The predicted molar refractivity (Wildman–Crippen MR) is 71.3 cm³/mol. The smallest absolute Gasteiger partial charge is 0.142 e. The number of benzene rings is 2. The fraction of sp³-hybridized carbons (Fsp3) is 0.143. The van der Waals surface area contributed by atoms with E-state index in [-0.39, 0.29) is 5.02 Å². The second kappa shape index (κ2) is 5.27. The second-order valence-electron chi connectivity index (χ2n) is 4.00. The Kier molecular flexibility index (Phi) is 3.72. The van der Waals surface area contributed by atoms with E-state index < -0.39 is 5.82 Å². The minimum Gasteiger partial charge on any atom is -0.489 e. The number of halogens is 2. The lowest BCUT2D eigenvalue weighted by molar-refractivity contribution is 0.305. The van der Waals surface area contributed by atoms with Crippen LogP contribution < -0.4 is 10.5 Å². The molecule has 2 N–H and O–H groups in total. The van der Waals surface area contributed by atoms with Crippen LogP contribution in [0.25, 0.3) is 0 Å². The zero-order valence-electron chi connectivity index (χ0n) is 9.91. The van der Waals surface area contributed by atoms with Gasteiger partial charge in [-0.2, -0.15) is 0 Å². The minimum atomic E-state index is -0.454. The number of hydrogen-bond donors (Lipinski definition) is 1. The van der Waals surface area contributed by atoms with Gasteiger partial charge < -0.3 is 10.5 Å². The normalized spacial score (nSPS) is 10.4. The number of anilines is 1. The van der Waals surface area contributed by atoms with Gasteiger partial charge in [-0.15, -0.1) is 0 Å². The van der Waals surface area contributed by atoms with Crippen LogP contribution in [0.1, 0.15) is 11.1 Å². The molecule has 0 bridgehead atoms. The number of ether oxygens (including phenoxy) is 1. The van der Waals surface area contributed by atoms with Crippen molar-refractivity contribution in [1.29, 1.82) is 0 Å². The van der Waals surface area contributed by atoms with Crippen LogP contribution >= 0.6 is 11.6 Å². The van der Waals surface area contributed by atoms with Crippen LogP contribution in [0.5, 0.6) is 5.75 Å². The molecular weight excluding hydrogens is 253 g/mol. The van der Waals surface area contributed by atoms with Gasteiger partial charge in [-0.25, -0.2) is 4.39 Å². The molecule has 0 radical (unpaired) electrons. The van der Waals surface area contributed by atoms with Crippen molar-refractivity contribution in [2.45, 2.75) is 13.5 Å². The van der Waals surface area contributed by atoms with Crippen molar-refractivity contribution < 1.29 is 9.13 Å². The summed E-state index contributed by atoms with van der Waals surface area (Å²) in [5.41, 5.74) is 8.52. The molecular formula is C14H13ClFNO. The van der Waals surface area contributed by atoms with E-state index in [0.717, 1.165) is 16.8 Å². The molecule has 0 unspecified atom stereocenters. The van der Waals surface area contributed by atoms with Gasteiger partial charge in [0, 0.05) is 11.8 Å². The van der Waals surface area contributed by atoms with Crippen LogP contribution in [-0.2, 0) is 6.61 Å². The summed E-state index contributed by atoms with van der Waals surface area (Å²) < 4.78 is 18.5. The highest BCUT2D eigenvalue weighted by atomic mass is 35.5. The van der Waals surface area contributed by atoms with Crippen LogP contribution in [0.15, 0.2) is 36.4 Å². The topological polar surface area (TPSA) is 35.2 Å². The standard InChI is InChI=1S/C14H13ClFNO/c1-9-10(3-2-4-14(9)17)8-18-11-5-6-13(16)12(15)7-11/h2-7H,8,17H2,1H3. The lowest BCUT2D eigenvalue weighted by Crippen LogP contribution is -2.00. The first-order valence-electron chi connectivity index (χ1n) is 5.50. The Bertz CT molecular complexity index is 572. The zero-order valence-corrected chi connectivity index (χ0v) is 10.7. The van der Waals surface area contributed by atoms with Gasteiger partial charge in [0.25, 0.3) is 0 Å². The highest BCUT2D eigenvalue weighted by Crippen LogP contribution is 2.23. The number of nitrogen functional groups attached to an aromatic ring is 1. The Labute approximate surface area is 110 Å². The van der Waals surface area contributed by atoms with Crippen molar-refractivity contribution >= 4 is 17.3 Å². The van der Waals surface area contributed by atoms with E-state index in [1.54, 1.807) is 6.07 Å². The van der Waals surface area contributed by atoms with Gasteiger partial charge in [-0.05, 0) is 36.2 Å². The van der Waals surface area contributed by atoms with Crippen molar-refractivity contribution in [1.82, 2.24) is 0 Å². The van der Waals surface area contributed by atoms with Crippen LogP contribution in [0.4, 0.5) is 10.1 Å². The van der Waals surface area contributed by atoms with Crippen molar-refractivity contribution in [2.75, 3.05) is 5.73 Å². The van der Waals surface area contributed by atoms with E-state index >= 15 is 0 Å². The maximum atomic E-state index is 13.0. The maximum absolute atomic E-state index is 13.0. The molecule has 0 aliphatic carbocycles. The Balaban J connectivity index is 2.11. The Hall–Kier alpha value is -1.74. The molecule has 2 aromatic carbocycles. The molecule has 0 amide bonds. The monoisotopic (exact) mass is 265 g/mol. The quantitative estimate of drug-likeness (QED) is 0.853. The van der Waals surface area contributed by atoms with E-state index in [9.17, 15) is 4.39 Å². The summed E-state index contributed by atoms with van der Waals surface area (Å²) in [5, 5.41) is 0.0526. The molecule has 0 fully saturated rings. The molecule has 18 heavy (non-hydrogen) atoms. The minimum absolute atomic E-state index is 0.0526. The molecule has 0 aliphatic rings. The summed E-state index contributed by atoms with van der Waals surface area (Å²) >= 11 is 5.68. The predicted octanol–water partition coefficient (Wildman–Crippen LogP) is 3.95. The summed E-state index contributed by atoms with van der Waals surface area (Å²) in [6, 6.07) is 9.94. The molecule has 2 rings (SSSR count).